The Morgan fingerprint density at radius 1 is 0.960 bits per heavy atom. The Morgan fingerprint density at radius 2 is 1.52 bits per heavy atom. The standard InChI is InChI=1S/C19H16N2O4/c1-21(2)8-9-7-20-15-12(9)18(24)13-14(19(15)25)17(23)11-6-4-3-5-10(11)16(13)22/h3-7,20,24-25H,8H2,1-2H3. The highest BCUT2D eigenvalue weighted by molar-refractivity contribution is 6.32. The normalized spacial score (nSPS) is 13.4. The van der Waals surface area contributed by atoms with Gasteiger partial charge < -0.3 is 20.1 Å². The van der Waals surface area contributed by atoms with Gasteiger partial charge in [0.15, 0.2) is 17.3 Å². The largest absolute Gasteiger partial charge is 0.506 e. The van der Waals surface area contributed by atoms with Crippen molar-refractivity contribution in [2.45, 2.75) is 6.54 Å². The van der Waals surface area contributed by atoms with Crippen LogP contribution in [-0.2, 0) is 6.54 Å². The molecule has 0 saturated carbocycles. The molecule has 2 aromatic carbocycles. The third kappa shape index (κ3) is 2.01. The maximum Gasteiger partial charge on any atom is 0.198 e. The van der Waals surface area contributed by atoms with Gasteiger partial charge >= 0.3 is 0 Å². The minimum Gasteiger partial charge on any atom is -0.506 e. The summed E-state index contributed by atoms with van der Waals surface area (Å²) < 4.78 is 0. The Balaban J connectivity index is 2.08. The van der Waals surface area contributed by atoms with Gasteiger partial charge in [-0.25, -0.2) is 0 Å². The van der Waals surface area contributed by atoms with Crippen LogP contribution >= 0.6 is 0 Å². The van der Waals surface area contributed by atoms with Crippen LogP contribution in [0.15, 0.2) is 30.5 Å². The van der Waals surface area contributed by atoms with Crippen LogP contribution in [0.3, 0.4) is 0 Å². The minimum atomic E-state index is -0.469. The molecule has 3 N–H and O–H groups in total. The summed E-state index contributed by atoms with van der Waals surface area (Å²) in [6.07, 6.45) is 1.66. The van der Waals surface area contributed by atoms with E-state index < -0.39 is 11.6 Å². The molecule has 0 saturated heterocycles. The molecule has 0 amide bonds. The molecule has 1 aliphatic carbocycles. The zero-order valence-corrected chi connectivity index (χ0v) is 13.8. The van der Waals surface area contributed by atoms with E-state index in [4.69, 9.17) is 0 Å². The first-order valence-electron chi connectivity index (χ1n) is 7.82. The molecule has 0 bridgehead atoms. The number of benzene rings is 2. The van der Waals surface area contributed by atoms with E-state index in [-0.39, 0.29) is 39.3 Å². The number of aromatic amines is 1. The van der Waals surface area contributed by atoms with Gasteiger partial charge in [0, 0.05) is 23.9 Å². The SMILES string of the molecule is CN(C)Cc1c[nH]c2c(O)c3c(c(O)c12)C(=O)c1ccccc1C3=O. The fourth-order valence-corrected chi connectivity index (χ4v) is 3.46. The van der Waals surface area contributed by atoms with Crippen molar-refractivity contribution in [2.24, 2.45) is 0 Å². The Labute approximate surface area is 143 Å². The molecule has 0 unspecified atom stereocenters. The van der Waals surface area contributed by atoms with Crippen molar-refractivity contribution in [2.75, 3.05) is 14.1 Å². The zero-order valence-electron chi connectivity index (χ0n) is 13.8. The Kier molecular flexibility index (Phi) is 3.20. The third-order valence-corrected chi connectivity index (χ3v) is 4.52. The van der Waals surface area contributed by atoms with E-state index in [1.54, 1.807) is 30.5 Å². The van der Waals surface area contributed by atoms with Crippen LogP contribution in [-0.4, -0.2) is 45.8 Å². The number of phenols is 2. The lowest BCUT2D eigenvalue weighted by atomic mass is 9.82. The number of carbonyl (C=O) groups is 2. The number of hydrogen-bond acceptors (Lipinski definition) is 5. The predicted molar refractivity (Wildman–Crippen MR) is 92.3 cm³/mol. The van der Waals surface area contributed by atoms with E-state index >= 15 is 0 Å². The van der Waals surface area contributed by atoms with Crippen molar-refractivity contribution in [3.05, 3.63) is 58.3 Å². The number of hydrogen-bond donors (Lipinski definition) is 3. The first kappa shape index (κ1) is 15.4. The topological polar surface area (TPSA) is 93.6 Å². The second-order valence-corrected chi connectivity index (χ2v) is 6.45. The van der Waals surface area contributed by atoms with Crippen LogP contribution in [0.25, 0.3) is 10.9 Å². The molecule has 0 aliphatic heterocycles. The molecule has 1 aliphatic rings. The molecule has 6 nitrogen and oxygen atoms in total. The number of nitrogens with zero attached hydrogens (tertiary/aromatic N) is 1. The summed E-state index contributed by atoms with van der Waals surface area (Å²) in [4.78, 5) is 30.5. The average molecular weight is 336 g/mol. The lowest BCUT2D eigenvalue weighted by Gasteiger charge is -2.20. The fraction of sp³-hybridized carbons (Fsp3) is 0.158. The smallest absolute Gasteiger partial charge is 0.198 e. The zero-order chi connectivity index (χ0) is 17.9. The van der Waals surface area contributed by atoms with Crippen molar-refractivity contribution in [3.63, 3.8) is 0 Å². The number of nitrogens with one attached hydrogen (secondary N) is 1. The molecule has 0 radical (unpaired) electrons. The quantitative estimate of drug-likeness (QED) is 0.489. The average Bonchev–Trinajstić information content (AvgIpc) is 2.99. The van der Waals surface area contributed by atoms with Crippen LogP contribution in [0.2, 0.25) is 0 Å². The van der Waals surface area contributed by atoms with Gasteiger partial charge in [0.2, 0.25) is 0 Å². The van der Waals surface area contributed by atoms with E-state index in [0.717, 1.165) is 5.56 Å². The maximum absolute atomic E-state index is 12.9. The van der Waals surface area contributed by atoms with Gasteiger partial charge in [-0.15, -0.1) is 0 Å². The number of fused-ring (bicyclic) bond motifs is 3. The maximum atomic E-state index is 12.9. The van der Waals surface area contributed by atoms with Gasteiger partial charge in [-0.1, -0.05) is 24.3 Å². The number of aromatic nitrogens is 1. The molecule has 1 heterocycles. The lowest BCUT2D eigenvalue weighted by molar-refractivity contribution is 0.0974. The highest BCUT2D eigenvalue weighted by Gasteiger charge is 2.36. The summed E-state index contributed by atoms with van der Waals surface area (Å²) in [7, 11) is 3.75. The number of ketones is 2. The highest BCUT2D eigenvalue weighted by atomic mass is 16.3. The fourth-order valence-electron chi connectivity index (χ4n) is 3.46. The van der Waals surface area contributed by atoms with Gasteiger partial charge in [-0.2, -0.15) is 0 Å². The van der Waals surface area contributed by atoms with E-state index in [1.165, 1.54) is 0 Å². The van der Waals surface area contributed by atoms with Crippen molar-refractivity contribution < 1.29 is 19.8 Å². The number of carbonyl (C=O) groups excluding carboxylic acids is 2. The second-order valence-electron chi connectivity index (χ2n) is 6.45. The van der Waals surface area contributed by atoms with Crippen molar-refractivity contribution in [1.82, 2.24) is 9.88 Å². The molecular weight excluding hydrogens is 320 g/mol. The summed E-state index contributed by atoms with van der Waals surface area (Å²) in [5.74, 6) is -1.50. The van der Waals surface area contributed by atoms with Crippen molar-refractivity contribution in [3.8, 4) is 11.5 Å². The third-order valence-electron chi connectivity index (χ3n) is 4.52. The molecule has 0 fully saturated rings. The minimum absolute atomic E-state index is 0.131. The monoisotopic (exact) mass is 336 g/mol. The molecule has 0 atom stereocenters. The van der Waals surface area contributed by atoms with E-state index in [2.05, 4.69) is 4.98 Å². The highest BCUT2D eigenvalue weighted by Crippen LogP contribution is 2.45. The summed E-state index contributed by atoms with van der Waals surface area (Å²) in [6.45, 7) is 0.504. The number of rotatable bonds is 2. The van der Waals surface area contributed by atoms with Crippen LogP contribution in [0.4, 0.5) is 0 Å². The Hall–Kier alpha value is -3.12. The van der Waals surface area contributed by atoms with Gasteiger partial charge in [0.25, 0.3) is 0 Å². The predicted octanol–water partition coefficient (Wildman–Crippen LogP) is 2.42. The summed E-state index contributed by atoms with van der Waals surface area (Å²) in [5.41, 5.74) is 1.18. The first-order chi connectivity index (χ1) is 11.9. The van der Waals surface area contributed by atoms with Crippen molar-refractivity contribution in [1.29, 1.82) is 0 Å². The van der Waals surface area contributed by atoms with Crippen LogP contribution in [0.5, 0.6) is 11.5 Å². The van der Waals surface area contributed by atoms with Gasteiger partial charge in [-0.05, 0) is 19.7 Å². The molecule has 1 aromatic heterocycles. The molecule has 0 spiro atoms. The van der Waals surface area contributed by atoms with Gasteiger partial charge in [0.1, 0.15) is 5.75 Å². The summed E-state index contributed by atoms with van der Waals surface area (Å²) in [5, 5.41) is 21.8. The Bertz CT molecular complexity index is 1060. The number of phenolic OH excluding ortho intramolecular Hbond substituents is 2. The summed E-state index contributed by atoms with van der Waals surface area (Å²) >= 11 is 0. The molecule has 3 aromatic rings. The van der Waals surface area contributed by atoms with Crippen LogP contribution in [0.1, 0.15) is 37.4 Å². The number of aromatic hydroxyl groups is 2. The molecule has 4 rings (SSSR count). The van der Waals surface area contributed by atoms with E-state index in [0.29, 0.717) is 11.9 Å². The van der Waals surface area contributed by atoms with E-state index in [9.17, 15) is 19.8 Å². The van der Waals surface area contributed by atoms with Crippen molar-refractivity contribution >= 4 is 22.5 Å². The second kappa shape index (κ2) is 5.19. The molecule has 6 heteroatoms. The summed E-state index contributed by atoms with van der Waals surface area (Å²) in [6, 6.07) is 6.43. The van der Waals surface area contributed by atoms with Crippen LogP contribution < -0.4 is 0 Å². The molecule has 126 valence electrons. The number of H-pyrrole nitrogens is 1. The molecule has 25 heavy (non-hydrogen) atoms. The molecular formula is C19H16N2O4. The Morgan fingerprint density at radius 3 is 2.08 bits per heavy atom. The van der Waals surface area contributed by atoms with Gasteiger partial charge in [0.05, 0.1) is 22.0 Å². The van der Waals surface area contributed by atoms with E-state index in [1.807, 2.05) is 19.0 Å². The first-order valence-corrected chi connectivity index (χ1v) is 7.82. The van der Waals surface area contributed by atoms with Gasteiger partial charge in [-0.3, -0.25) is 9.59 Å². The lowest BCUT2D eigenvalue weighted by Crippen LogP contribution is -2.21. The van der Waals surface area contributed by atoms with Crippen LogP contribution in [0, 0.1) is 0 Å².